The molecule has 0 aliphatic heterocycles. The van der Waals surface area contributed by atoms with Crippen LogP contribution in [-0.2, 0) is 5.88 Å². The van der Waals surface area contributed by atoms with Crippen LogP contribution in [-0.4, -0.2) is 9.55 Å². The van der Waals surface area contributed by atoms with Gasteiger partial charge in [0, 0.05) is 17.3 Å². The van der Waals surface area contributed by atoms with Gasteiger partial charge in [0.2, 0.25) is 0 Å². The summed E-state index contributed by atoms with van der Waals surface area (Å²) in [5.41, 5.74) is 4.50. The van der Waals surface area contributed by atoms with Crippen LogP contribution in [0.5, 0.6) is 0 Å². The van der Waals surface area contributed by atoms with Crippen molar-refractivity contribution in [2.45, 2.75) is 19.7 Å². The molecule has 0 aliphatic carbocycles. The molecule has 0 unspecified atom stereocenters. The summed E-state index contributed by atoms with van der Waals surface area (Å²) in [4.78, 5) is 4.27. The third-order valence-corrected chi connectivity index (χ3v) is 2.93. The summed E-state index contributed by atoms with van der Waals surface area (Å²) < 4.78 is 2.08. The lowest BCUT2D eigenvalue weighted by Gasteiger charge is -2.05. The van der Waals surface area contributed by atoms with Crippen molar-refractivity contribution >= 4 is 11.6 Å². The van der Waals surface area contributed by atoms with Crippen molar-refractivity contribution < 1.29 is 0 Å². The van der Waals surface area contributed by atoms with Gasteiger partial charge in [0.1, 0.15) is 0 Å². The maximum absolute atomic E-state index is 5.74. The van der Waals surface area contributed by atoms with Crippen LogP contribution < -0.4 is 0 Å². The number of aromatic nitrogens is 2. The van der Waals surface area contributed by atoms with Gasteiger partial charge in [0.05, 0.1) is 12.0 Å². The van der Waals surface area contributed by atoms with E-state index in [2.05, 4.69) is 28.6 Å². The summed E-state index contributed by atoms with van der Waals surface area (Å²) in [6, 6.07) is 8.20. The largest absolute Gasteiger partial charge is 0.303 e. The van der Waals surface area contributed by atoms with Crippen molar-refractivity contribution in [3.63, 3.8) is 0 Å². The van der Waals surface area contributed by atoms with Crippen molar-refractivity contribution in [3.8, 4) is 5.69 Å². The number of halogens is 1. The lowest BCUT2D eigenvalue weighted by Crippen LogP contribution is -1.95. The van der Waals surface area contributed by atoms with E-state index in [0.717, 1.165) is 16.9 Å². The summed E-state index contributed by atoms with van der Waals surface area (Å²) in [6.07, 6.45) is 1.85. The summed E-state index contributed by atoms with van der Waals surface area (Å²) in [5, 5.41) is 0. The minimum Gasteiger partial charge on any atom is -0.303 e. The lowest BCUT2D eigenvalue weighted by atomic mass is 10.2. The molecule has 78 valence electrons. The van der Waals surface area contributed by atoms with Gasteiger partial charge < -0.3 is 4.57 Å². The Hall–Kier alpha value is -1.28. The topological polar surface area (TPSA) is 17.8 Å². The van der Waals surface area contributed by atoms with Gasteiger partial charge in [-0.05, 0) is 31.5 Å². The lowest BCUT2D eigenvalue weighted by molar-refractivity contribution is 0.999. The molecule has 0 saturated carbocycles. The third-order valence-electron chi connectivity index (χ3n) is 2.62. The Morgan fingerprint density at radius 1 is 1.20 bits per heavy atom. The average Bonchev–Trinajstić information content (AvgIpc) is 2.60. The Morgan fingerprint density at radius 3 is 2.33 bits per heavy atom. The Morgan fingerprint density at radius 2 is 1.87 bits per heavy atom. The fourth-order valence-corrected chi connectivity index (χ4v) is 1.68. The van der Waals surface area contributed by atoms with Crippen molar-refractivity contribution in [1.29, 1.82) is 0 Å². The highest BCUT2D eigenvalue weighted by molar-refractivity contribution is 6.17. The quantitative estimate of drug-likeness (QED) is 0.711. The number of imidazole rings is 1. The number of benzene rings is 1. The molecule has 1 heterocycles. The Bertz CT molecular complexity index is 457. The van der Waals surface area contributed by atoms with E-state index in [9.17, 15) is 0 Å². The highest BCUT2D eigenvalue weighted by atomic mass is 35.5. The van der Waals surface area contributed by atoms with Crippen LogP contribution in [0.1, 0.15) is 17.0 Å². The van der Waals surface area contributed by atoms with Crippen LogP contribution in [0.4, 0.5) is 0 Å². The molecular formula is C12H13ClN2. The van der Waals surface area contributed by atoms with Crippen LogP contribution in [0.2, 0.25) is 0 Å². The smallest absolute Gasteiger partial charge is 0.0997 e. The second kappa shape index (κ2) is 4.07. The molecule has 1 aromatic heterocycles. The molecule has 0 bridgehead atoms. The molecule has 1 aromatic carbocycles. The summed E-state index contributed by atoms with van der Waals surface area (Å²) in [7, 11) is 0. The van der Waals surface area contributed by atoms with E-state index in [4.69, 9.17) is 11.6 Å². The maximum Gasteiger partial charge on any atom is 0.0997 e. The monoisotopic (exact) mass is 220 g/mol. The third kappa shape index (κ3) is 1.90. The normalized spacial score (nSPS) is 10.6. The predicted molar refractivity (Wildman–Crippen MR) is 62.6 cm³/mol. The van der Waals surface area contributed by atoms with Crippen molar-refractivity contribution in [3.05, 3.63) is 47.5 Å². The zero-order valence-corrected chi connectivity index (χ0v) is 9.62. The molecular weight excluding hydrogens is 208 g/mol. The standard InChI is InChI=1S/C12H13ClN2/c1-9-10(2)15(8-14-9)12-5-3-11(7-13)4-6-12/h3-6,8H,7H2,1-2H3. The summed E-state index contributed by atoms with van der Waals surface area (Å²) in [6.45, 7) is 4.08. The Balaban J connectivity index is 2.41. The number of hydrogen-bond donors (Lipinski definition) is 0. The Labute approximate surface area is 94.5 Å². The molecule has 0 atom stereocenters. The molecule has 2 nitrogen and oxygen atoms in total. The second-order valence-corrected chi connectivity index (χ2v) is 3.85. The van der Waals surface area contributed by atoms with E-state index < -0.39 is 0 Å². The SMILES string of the molecule is Cc1ncn(-c2ccc(CCl)cc2)c1C. The van der Waals surface area contributed by atoms with Gasteiger partial charge in [-0.3, -0.25) is 0 Å². The van der Waals surface area contributed by atoms with Gasteiger partial charge in [-0.25, -0.2) is 4.98 Å². The zero-order valence-electron chi connectivity index (χ0n) is 8.87. The molecule has 0 spiro atoms. The number of rotatable bonds is 2. The number of nitrogens with zero attached hydrogens (tertiary/aromatic N) is 2. The Kier molecular flexibility index (Phi) is 2.78. The van der Waals surface area contributed by atoms with Crippen LogP contribution >= 0.6 is 11.6 Å². The van der Waals surface area contributed by atoms with Crippen LogP contribution in [0.15, 0.2) is 30.6 Å². The minimum absolute atomic E-state index is 0.558. The fraction of sp³-hybridized carbons (Fsp3) is 0.250. The van der Waals surface area contributed by atoms with Gasteiger partial charge in [0.25, 0.3) is 0 Å². The van der Waals surface area contributed by atoms with E-state index in [1.54, 1.807) is 0 Å². The summed E-state index contributed by atoms with van der Waals surface area (Å²) >= 11 is 5.74. The van der Waals surface area contributed by atoms with Gasteiger partial charge in [-0.2, -0.15) is 0 Å². The van der Waals surface area contributed by atoms with Crippen LogP contribution in [0.3, 0.4) is 0 Å². The van der Waals surface area contributed by atoms with E-state index in [1.165, 1.54) is 5.69 Å². The first kappa shape index (κ1) is 10.2. The number of alkyl halides is 1. The van der Waals surface area contributed by atoms with Gasteiger partial charge in [-0.1, -0.05) is 12.1 Å². The first-order valence-corrected chi connectivity index (χ1v) is 5.41. The molecule has 0 fully saturated rings. The maximum atomic E-state index is 5.74. The molecule has 15 heavy (non-hydrogen) atoms. The number of hydrogen-bond acceptors (Lipinski definition) is 1. The average molecular weight is 221 g/mol. The highest BCUT2D eigenvalue weighted by Crippen LogP contribution is 2.15. The molecule has 2 aromatic rings. The summed E-state index contributed by atoms with van der Waals surface area (Å²) in [5.74, 6) is 0.558. The van der Waals surface area contributed by atoms with E-state index >= 15 is 0 Å². The van der Waals surface area contributed by atoms with Crippen molar-refractivity contribution in [2.24, 2.45) is 0 Å². The first-order valence-electron chi connectivity index (χ1n) is 4.88. The van der Waals surface area contributed by atoms with Gasteiger partial charge >= 0.3 is 0 Å². The number of aryl methyl sites for hydroxylation is 1. The van der Waals surface area contributed by atoms with E-state index in [-0.39, 0.29) is 0 Å². The highest BCUT2D eigenvalue weighted by Gasteiger charge is 2.03. The molecule has 3 heteroatoms. The van der Waals surface area contributed by atoms with Crippen molar-refractivity contribution in [1.82, 2.24) is 9.55 Å². The van der Waals surface area contributed by atoms with Crippen LogP contribution in [0, 0.1) is 13.8 Å². The predicted octanol–water partition coefficient (Wildman–Crippen LogP) is 3.23. The molecule has 0 radical (unpaired) electrons. The fourth-order valence-electron chi connectivity index (χ4n) is 1.50. The molecule has 2 rings (SSSR count). The molecule has 0 aliphatic rings. The van der Waals surface area contributed by atoms with Crippen molar-refractivity contribution in [2.75, 3.05) is 0 Å². The zero-order chi connectivity index (χ0) is 10.8. The van der Waals surface area contributed by atoms with Gasteiger partial charge in [0.15, 0.2) is 0 Å². The van der Waals surface area contributed by atoms with Crippen LogP contribution in [0.25, 0.3) is 5.69 Å². The first-order chi connectivity index (χ1) is 7.22. The van der Waals surface area contributed by atoms with E-state index in [1.807, 2.05) is 25.4 Å². The minimum atomic E-state index is 0.558. The molecule has 0 saturated heterocycles. The molecule has 0 amide bonds. The molecule has 0 N–H and O–H groups in total. The van der Waals surface area contributed by atoms with E-state index in [0.29, 0.717) is 5.88 Å². The van der Waals surface area contributed by atoms with Gasteiger partial charge in [-0.15, -0.1) is 11.6 Å². The second-order valence-electron chi connectivity index (χ2n) is 3.59.